The van der Waals surface area contributed by atoms with Crippen molar-refractivity contribution in [3.63, 3.8) is 0 Å². The van der Waals surface area contributed by atoms with Crippen molar-refractivity contribution >= 4 is 15.9 Å². The number of ether oxygens (including phenoxy) is 2. The molecule has 0 saturated carbocycles. The molecule has 0 aromatic heterocycles. The lowest BCUT2D eigenvalue weighted by Gasteiger charge is -2.15. The molecule has 3 nitrogen and oxygen atoms in total. The molecule has 0 heterocycles. The molecular formula is C17H20BrNO2. The zero-order valence-electron chi connectivity index (χ0n) is 12.6. The van der Waals surface area contributed by atoms with Crippen LogP contribution in [-0.2, 0) is 13.1 Å². The summed E-state index contributed by atoms with van der Waals surface area (Å²) < 4.78 is 11.8. The summed E-state index contributed by atoms with van der Waals surface area (Å²) in [5.41, 5.74) is 3.60. The lowest BCUT2D eigenvalue weighted by atomic mass is 10.1. The molecule has 0 atom stereocenters. The second-order valence-electron chi connectivity index (χ2n) is 4.85. The molecule has 2 aromatic carbocycles. The third-order valence-corrected chi connectivity index (χ3v) is 4.09. The summed E-state index contributed by atoms with van der Waals surface area (Å²) in [5.74, 6) is 1.51. The summed E-state index contributed by atoms with van der Waals surface area (Å²) >= 11 is 3.57. The second-order valence-corrected chi connectivity index (χ2v) is 5.70. The lowest BCUT2D eigenvalue weighted by molar-refractivity contribution is 0.350. The Morgan fingerprint density at radius 3 is 2.29 bits per heavy atom. The van der Waals surface area contributed by atoms with Crippen LogP contribution in [0.2, 0.25) is 0 Å². The van der Waals surface area contributed by atoms with E-state index in [1.54, 1.807) is 14.2 Å². The van der Waals surface area contributed by atoms with Gasteiger partial charge in [0.2, 0.25) is 0 Å². The lowest BCUT2D eigenvalue weighted by Crippen LogP contribution is -2.14. The third kappa shape index (κ3) is 3.99. The number of nitrogens with one attached hydrogen (secondary N) is 1. The molecule has 0 radical (unpaired) electrons. The topological polar surface area (TPSA) is 30.5 Å². The molecule has 4 heteroatoms. The molecule has 0 spiro atoms. The average Bonchev–Trinajstić information content (AvgIpc) is 2.50. The fourth-order valence-corrected chi connectivity index (χ4v) is 2.62. The van der Waals surface area contributed by atoms with Gasteiger partial charge in [-0.15, -0.1) is 0 Å². The van der Waals surface area contributed by atoms with Gasteiger partial charge in [0.25, 0.3) is 0 Å². The van der Waals surface area contributed by atoms with Crippen molar-refractivity contribution in [2.24, 2.45) is 0 Å². The molecule has 0 aliphatic heterocycles. The highest BCUT2D eigenvalue weighted by Gasteiger charge is 2.13. The fourth-order valence-electron chi connectivity index (χ4n) is 2.17. The van der Waals surface area contributed by atoms with E-state index in [0.717, 1.165) is 28.1 Å². The Labute approximate surface area is 134 Å². The summed E-state index contributed by atoms with van der Waals surface area (Å²) in [6.45, 7) is 3.61. The number of hydrogen-bond donors (Lipinski definition) is 1. The molecule has 2 aromatic rings. The van der Waals surface area contributed by atoms with Crippen LogP contribution in [0.5, 0.6) is 11.5 Å². The first-order chi connectivity index (χ1) is 10.2. The normalized spacial score (nSPS) is 10.5. The van der Waals surface area contributed by atoms with Crippen LogP contribution in [0.15, 0.2) is 40.9 Å². The van der Waals surface area contributed by atoms with Crippen LogP contribution < -0.4 is 14.8 Å². The summed E-state index contributed by atoms with van der Waals surface area (Å²) in [6.07, 6.45) is 0. The van der Waals surface area contributed by atoms with E-state index in [9.17, 15) is 0 Å². The highest BCUT2D eigenvalue weighted by atomic mass is 79.9. The average molecular weight is 350 g/mol. The van der Waals surface area contributed by atoms with E-state index in [-0.39, 0.29) is 0 Å². The molecule has 0 fully saturated rings. The highest BCUT2D eigenvalue weighted by molar-refractivity contribution is 9.10. The standard InChI is InChI=1S/C17H20BrNO2/c1-12-4-6-13(7-5-12)10-19-11-14-15(18)8-9-16(20-2)17(14)21-3/h4-9,19H,10-11H2,1-3H3. The van der Waals surface area contributed by atoms with Crippen LogP contribution in [0.3, 0.4) is 0 Å². The highest BCUT2D eigenvalue weighted by Crippen LogP contribution is 2.35. The molecule has 0 aliphatic carbocycles. The van der Waals surface area contributed by atoms with Gasteiger partial charge in [0, 0.05) is 23.1 Å². The van der Waals surface area contributed by atoms with Crippen LogP contribution in [0.25, 0.3) is 0 Å². The van der Waals surface area contributed by atoms with Crippen molar-refractivity contribution in [1.29, 1.82) is 0 Å². The van der Waals surface area contributed by atoms with Gasteiger partial charge in [0.1, 0.15) is 0 Å². The van der Waals surface area contributed by atoms with Crippen molar-refractivity contribution in [2.45, 2.75) is 20.0 Å². The molecule has 2 rings (SSSR count). The molecule has 0 bridgehead atoms. The largest absolute Gasteiger partial charge is 0.493 e. The van der Waals surface area contributed by atoms with Gasteiger partial charge >= 0.3 is 0 Å². The van der Waals surface area contributed by atoms with Gasteiger partial charge in [0.15, 0.2) is 11.5 Å². The second kappa shape index (κ2) is 7.48. The van der Waals surface area contributed by atoms with Gasteiger partial charge < -0.3 is 14.8 Å². The van der Waals surface area contributed by atoms with Gasteiger partial charge in [-0.1, -0.05) is 45.8 Å². The summed E-state index contributed by atoms with van der Waals surface area (Å²) in [5, 5.41) is 3.44. The minimum Gasteiger partial charge on any atom is -0.493 e. The van der Waals surface area contributed by atoms with E-state index in [0.29, 0.717) is 6.54 Å². The van der Waals surface area contributed by atoms with Crippen LogP contribution in [0.1, 0.15) is 16.7 Å². The molecule has 0 saturated heterocycles. The van der Waals surface area contributed by atoms with Gasteiger partial charge in [0.05, 0.1) is 14.2 Å². The van der Waals surface area contributed by atoms with Crippen molar-refractivity contribution in [2.75, 3.05) is 14.2 Å². The fraction of sp³-hybridized carbons (Fsp3) is 0.294. The molecule has 0 aliphatic rings. The summed E-state index contributed by atoms with van der Waals surface area (Å²) in [7, 11) is 3.31. The minimum atomic E-state index is 0.703. The monoisotopic (exact) mass is 349 g/mol. The van der Waals surface area contributed by atoms with E-state index in [2.05, 4.69) is 52.4 Å². The summed E-state index contributed by atoms with van der Waals surface area (Å²) in [6, 6.07) is 12.4. The van der Waals surface area contributed by atoms with Crippen molar-refractivity contribution in [3.8, 4) is 11.5 Å². The van der Waals surface area contributed by atoms with Crippen LogP contribution >= 0.6 is 15.9 Å². The van der Waals surface area contributed by atoms with Crippen molar-refractivity contribution in [3.05, 3.63) is 57.6 Å². The zero-order valence-corrected chi connectivity index (χ0v) is 14.2. The number of aryl methyl sites for hydroxylation is 1. The number of methoxy groups -OCH3 is 2. The molecule has 21 heavy (non-hydrogen) atoms. The Hall–Kier alpha value is -1.52. The van der Waals surface area contributed by atoms with Gasteiger partial charge in [-0.25, -0.2) is 0 Å². The number of halogens is 1. The number of benzene rings is 2. The van der Waals surface area contributed by atoms with E-state index < -0.39 is 0 Å². The van der Waals surface area contributed by atoms with E-state index in [1.165, 1.54) is 11.1 Å². The Balaban J connectivity index is 2.07. The number of hydrogen-bond acceptors (Lipinski definition) is 3. The van der Waals surface area contributed by atoms with Crippen LogP contribution in [0, 0.1) is 6.92 Å². The van der Waals surface area contributed by atoms with Crippen LogP contribution in [-0.4, -0.2) is 14.2 Å². The Morgan fingerprint density at radius 1 is 0.952 bits per heavy atom. The van der Waals surface area contributed by atoms with Gasteiger partial charge in [-0.05, 0) is 24.6 Å². The first-order valence-corrected chi connectivity index (χ1v) is 7.60. The van der Waals surface area contributed by atoms with E-state index in [4.69, 9.17) is 9.47 Å². The maximum atomic E-state index is 5.47. The Bertz CT molecular complexity index is 596. The maximum Gasteiger partial charge on any atom is 0.166 e. The van der Waals surface area contributed by atoms with Gasteiger partial charge in [-0.2, -0.15) is 0 Å². The molecule has 0 unspecified atom stereocenters. The molecular weight excluding hydrogens is 330 g/mol. The molecule has 112 valence electrons. The van der Waals surface area contributed by atoms with E-state index >= 15 is 0 Å². The molecule has 1 N–H and O–H groups in total. The quantitative estimate of drug-likeness (QED) is 0.852. The Kier molecular flexibility index (Phi) is 5.65. The molecule has 0 amide bonds. The summed E-state index contributed by atoms with van der Waals surface area (Å²) in [4.78, 5) is 0. The first-order valence-electron chi connectivity index (χ1n) is 6.81. The first kappa shape index (κ1) is 15.9. The van der Waals surface area contributed by atoms with Crippen LogP contribution in [0.4, 0.5) is 0 Å². The SMILES string of the molecule is COc1ccc(Br)c(CNCc2ccc(C)cc2)c1OC. The third-order valence-electron chi connectivity index (χ3n) is 3.34. The van der Waals surface area contributed by atoms with Crippen molar-refractivity contribution in [1.82, 2.24) is 5.32 Å². The predicted octanol–water partition coefficient (Wildman–Crippen LogP) is 4.06. The minimum absolute atomic E-state index is 0.703. The maximum absolute atomic E-state index is 5.47. The van der Waals surface area contributed by atoms with Gasteiger partial charge in [-0.3, -0.25) is 0 Å². The Morgan fingerprint density at radius 2 is 1.67 bits per heavy atom. The number of rotatable bonds is 6. The van der Waals surface area contributed by atoms with Crippen molar-refractivity contribution < 1.29 is 9.47 Å². The smallest absolute Gasteiger partial charge is 0.166 e. The van der Waals surface area contributed by atoms with E-state index in [1.807, 2.05) is 12.1 Å². The predicted molar refractivity (Wildman–Crippen MR) is 89.0 cm³/mol. The zero-order chi connectivity index (χ0) is 15.2.